The summed E-state index contributed by atoms with van der Waals surface area (Å²) in [6.07, 6.45) is 2.00. The topological polar surface area (TPSA) is 76.7 Å². The molecule has 3 aromatic carbocycles. The number of carbonyl (C=O) groups excluding carboxylic acids is 2. The lowest BCUT2D eigenvalue weighted by molar-refractivity contribution is -0.123. The fourth-order valence-electron chi connectivity index (χ4n) is 3.28. The molecule has 7 heteroatoms. The van der Waals surface area contributed by atoms with Gasteiger partial charge in [0.25, 0.3) is 11.8 Å². The second-order valence-corrected chi connectivity index (χ2v) is 7.99. The van der Waals surface area contributed by atoms with E-state index in [2.05, 4.69) is 10.6 Å². The zero-order valence-corrected chi connectivity index (χ0v) is 18.1. The SMILES string of the molecule is COc1cc(Cl)c(C)cc1NC(=O)c1cc2ccccc2cc1OCC(=O)NC1CC1. The summed E-state index contributed by atoms with van der Waals surface area (Å²) in [5.74, 6) is 0.225. The van der Waals surface area contributed by atoms with Crippen LogP contribution in [0.25, 0.3) is 10.8 Å². The average molecular weight is 439 g/mol. The van der Waals surface area contributed by atoms with Crippen molar-refractivity contribution < 1.29 is 19.1 Å². The Bertz CT molecular complexity index is 1160. The van der Waals surface area contributed by atoms with E-state index >= 15 is 0 Å². The molecule has 0 unspecified atom stereocenters. The van der Waals surface area contributed by atoms with E-state index < -0.39 is 0 Å². The highest BCUT2D eigenvalue weighted by molar-refractivity contribution is 6.31. The van der Waals surface area contributed by atoms with Crippen molar-refractivity contribution in [3.63, 3.8) is 0 Å². The molecule has 2 amide bonds. The third-order valence-electron chi connectivity index (χ3n) is 5.12. The largest absolute Gasteiger partial charge is 0.495 e. The summed E-state index contributed by atoms with van der Waals surface area (Å²) < 4.78 is 11.1. The maximum Gasteiger partial charge on any atom is 0.259 e. The molecule has 2 N–H and O–H groups in total. The van der Waals surface area contributed by atoms with Crippen LogP contribution in [0.2, 0.25) is 5.02 Å². The number of amides is 2. The number of nitrogens with one attached hydrogen (secondary N) is 2. The van der Waals surface area contributed by atoms with Crippen LogP contribution < -0.4 is 20.1 Å². The Morgan fingerprint density at radius 2 is 1.77 bits per heavy atom. The van der Waals surface area contributed by atoms with E-state index in [-0.39, 0.29) is 24.5 Å². The van der Waals surface area contributed by atoms with Crippen LogP contribution in [0.15, 0.2) is 48.5 Å². The molecule has 0 aromatic heterocycles. The Kier molecular flexibility index (Phi) is 6.00. The molecule has 0 heterocycles. The molecule has 0 atom stereocenters. The van der Waals surface area contributed by atoms with Crippen LogP contribution in [0.5, 0.6) is 11.5 Å². The second-order valence-electron chi connectivity index (χ2n) is 7.58. The van der Waals surface area contributed by atoms with E-state index in [1.54, 1.807) is 24.3 Å². The van der Waals surface area contributed by atoms with Crippen LogP contribution in [0.3, 0.4) is 0 Å². The zero-order valence-electron chi connectivity index (χ0n) is 17.3. The molecule has 0 spiro atoms. The molecule has 4 rings (SSSR count). The molecular weight excluding hydrogens is 416 g/mol. The van der Waals surface area contributed by atoms with Crippen molar-refractivity contribution in [3.8, 4) is 11.5 Å². The summed E-state index contributed by atoms with van der Waals surface area (Å²) in [6, 6.07) is 14.9. The van der Waals surface area contributed by atoms with E-state index in [0.717, 1.165) is 29.2 Å². The minimum absolute atomic E-state index is 0.154. The molecule has 0 saturated heterocycles. The van der Waals surface area contributed by atoms with Gasteiger partial charge in [-0.25, -0.2) is 0 Å². The van der Waals surface area contributed by atoms with Crippen LogP contribution in [0, 0.1) is 6.92 Å². The molecule has 0 aliphatic heterocycles. The van der Waals surface area contributed by atoms with Crippen LogP contribution in [-0.2, 0) is 4.79 Å². The number of ether oxygens (including phenoxy) is 2. The molecule has 1 aliphatic rings. The predicted octanol–water partition coefficient (Wildman–Crippen LogP) is 4.72. The maximum atomic E-state index is 13.2. The highest BCUT2D eigenvalue weighted by Gasteiger charge is 2.24. The minimum Gasteiger partial charge on any atom is -0.495 e. The van der Waals surface area contributed by atoms with Gasteiger partial charge in [-0.3, -0.25) is 9.59 Å². The summed E-state index contributed by atoms with van der Waals surface area (Å²) in [5.41, 5.74) is 1.64. The maximum absolute atomic E-state index is 13.2. The van der Waals surface area contributed by atoms with E-state index in [4.69, 9.17) is 21.1 Å². The lowest BCUT2D eigenvalue weighted by Gasteiger charge is -2.15. The van der Waals surface area contributed by atoms with E-state index in [1.165, 1.54) is 7.11 Å². The fourth-order valence-corrected chi connectivity index (χ4v) is 3.43. The first-order valence-corrected chi connectivity index (χ1v) is 10.4. The number of hydrogen-bond donors (Lipinski definition) is 2. The number of aryl methyl sites for hydroxylation is 1. The molecule has 6 nitrogen and oxygen atoms in total. The van der Waals surface area contributed by atoms with Crippen molar-refractivity contribution in [3.05, 3.63) is 64.7 Å². The van der Waals surface area contributed by atoms with Gasteiger partial charge in [0.05, 0.1) is 18.4 Å². The van der Waals surface area contributed by atoms with Gasteiger partial charge in [-0.1, -0.05) is 35.9 Å². The first-order valence-electron chi connectivity index (χ1n) is 10.0. The Balaban J connectivity index is 1.63. The zero-order chi connectivity index (χ0) is 22.0. The monoisotopic (exact) mass is 438 g/mol. The van der Waals surface area contributed by atoms with Gasteiger partial charge in [-0.05, 0) is 54.3 Å². The van der Waals surface area contributed by atoms with Gasteiger partial charge < -0.3 is 20.1 Å². The third kappa shape index (κ3) is 4.91. The fraction of sp³-hybridized carbons (Fsp3) is 0.250. The Morgan fingerprint density at radius 3 is 2.45 bits per heavy atom. The molecule has 31 heavy (non-hydrogen) atoms. The van der Waals surface area contributed by atoms with E-state index in [1.807, 2.05) is 31.2 Å². The lowest BCUT2D eigenvalue weighted by Crippen LogP contribution is -2.30. The number of methoxy groups -OCH3 is 1. The smallest absolute Gasteiger partial charge is 0.259 e. The van der Waals surface area contributed by atoms with Gasteiger partial charge in [-0.2, -0.15) is 0 Å². The van der Waals surface area contributed by atoms with Gasteiger partial charge in [0, 0.05) is 17.1 Å². The minimum atomic E-state index is -0.372. The van der Waals surface area contributed by atoms with Crippen molar-refractivity contribution in [2.75, 3.05) is 19.0 Å². The number of benzene rings is 3. The van der Waals surface area contributed by atoms with Gasteiger partial charge in [0.2, 0.25) is 0 Å². The van der Waals surface area contributed by atoms with E-state index in [9.17, 15) is 9.59 Å². The number of fused-ring (bicyclic) bond motifs is 1. The number of anilines is 1. The Morgan fingerprint density at radius 1 is 1.06 bits per heavy atom. The number of hydrogen-bond acceptors (Lipinski definition) is 4. The van der Waals surface area contributed by atoms with Gasteiger partial charge >= 0.3 is 0 Å². The van der Waals surface area contributed by atoms with Crippen LogP contribution in [0.4, 0.5) is 5.69 Å². The van der Waals surface area contributed by atoms with Crippen LogP contribution in [0.1, 0.15) is 28.8 Å². The Hall–Kier alpha value is -3.25. The van der Waals surface area contributed by atoms with Gasteiger partial charge in [0.1, 0.15) is 11.5 Å². The highest BCUT2D eigenvalue weighted by atomic mass is 35.5. The number of carbonyl (C=O) groups is 2. The Labute approximate surface area is 185 Å². The van der Waals surface area contributed by atoms with E-state index in [0.29, 0.717) is 27.8 Å². The van der Waals surface area contributed by atoms with Crippen molar-refractivity contribution in [2.45, 2.75) is 25.8 Å². The molecule has 3 aromatic rings. The lowest BCUT2D eigenvalue weighted by atomic mass is 10.0. The van der Waals surface area contributed by atoms with Gasteiger partial charge in [-0.15, -0.1) is 0 Å². The third-order valence-corrected chi connectivity index (χ3v) is 5.53. The standard InChI is InChI=1S/C24H23ClN2O4/c1-14-9-20(22(30-2)12-19(14)25)27-24(29)18-10-15-5-3-4-6-16(15)11-21(18)31-13-23(28)26-17-7-8-17/h3-6,9-12,17H,7-8,13H2,1-2H3,(H,26,28)(H,27,29). The molecule has 0 radical (unpaired) electrons. The first-order chi connectivity index (χ1) is 14.9. The summed E-state index contributed by atoms with van der Waals surface area (Å²) in [7, 11) is 1.51. The van der Waals surface area contributed by atoms with Crippen LogP contribution >= 0.6 is 11.6 Å². The van der Waals surface area contributed by atoms with Gasteiger partial charge in [0.15, 0.2) is 6.61 Å². The normalized spacial score (nSPS) is 13.0. The molecule has 1 saturated carbocycles. The molecule has 0 bridgehead atoms. The predicted molar refractivity (Wildman–Crippen MR) is 121 cm³/mol. The summed E-state index contributed by atoms with van der Waals surface area (Å²) >= 11 is 6.17. The molecule has 160 valence electrons. The summed E-state index contributed by atoms with van der Waals surface area (Å²) in [4.78, 5) is 25.3. The van der Waals surface area contributed by atoms with Crippen molar-refractivity contribution in [1.82, 2.24) is 5.32 Å². The number of halogens is 1. The highest BCUT2D eigenvalue weighted by Crippen LogP contribution is 2.33. The van der Waals surface area contributed by atoms with Crippen molar-refractivity contribution in [2.24, 2.45) is 0 Å². The first kappa shape index (κ1) is 21.0. The molecule has 1 aliphatic carbocycles. The quantitative estimate of drug-likeness (QED) is 0.559. The average Bonchev–Trinajstić information content (AvgIpc) is 3.57. The second kappa shape index (κ2) is 8.86. The van der Waals surface area contributed by atoms with Crippen molar-refractivity contribution in [1.29, 1.82) is 0 Å². The molecular formula is C24H23ClN2O4. The molecule has 1 fully saturated rings. The summed E-state index contributed by atoms with van der Waals surface area (Å²) in [5, 5.41) is 8.11. The van der Waals surface area contributed by atoms with Crippen LogP contribution in [-0.4, -0.2) is 31.6 Å². The van der Waals surface area contributed by atoms with Crippen molar-refractivity contribution >= 4 is 39.9 Å². The number of rotatable bonds is 7. The summed E-state index contributed by atoms with van der Waals surface area (Å²) in [6.45, 7) is 1.69.